The van der Waals surface area contributed by atoms with E-state index in [1.54, 1.807) is 72.8 Å². The van der Waals surface area contributed by atoms with Crippen LogP contribution in [0.2, 0.25) is 0 Å². The lowest BCUT2D eigenvalue weighted by atomic mass is 9.61. The second-order valence-corrected chi connectivity index (χ2v) is 9.60. The molecule has 3 aromatic carbocycles. The molecule has 0 aliphatic heterocycles. The topological polar surface area (TPSA) is 123 Å². The first-order valence-corrected chi connectivity index (χ1v) is 12.5. The van der Waals surface area contributed by atoms with Crippen molar-refractivity contribution in [2.45, 2.75) is 24.9 Å². The van der Waals surface area contributed by atoms with E-state index < -0.39 is 47.4 Å². The summed E-state index contributed by atoms with van der Waals surface area (Å²) >= 11 is 0. The fourth-order valence-electron chi connectivity index (χ4n) is 5.32. The molecule has 0 saturated heterocycles. The maximum atomic E-state index is 13.9. The van der Waals surface area contributed by atoms with E-state index in [1.165, 1.54) is 28.3 Å². The molecule has 4 unspecified atom stereocenters. The number of anilines is 2. The molecule has 0 heterocycles. The molecule has 0 spiro atoms. The number of carbonyl (C=O) groups excluding carboxylic acids is 3. The van der Waals surface area contributed by atoms with Crippen molar-refractivity contribution in [2.75, 3.05) is 32.0 Å². The van der Waals surface area contributed by atoms with Crippen molar-refractivity contribution in [3.05, 3.63) is 78.4 Å². The van der Waals surface area contributed by atoms with Crippen molar-refractivity contribution in [1.29, 1.82) is 0 Å². The molecule has 39 heavy (non-hydrogen) atoms. The largest absolute Gasteiger partial charge is 0.496 e. The second kappa shape index (κ2) is 11.6. The molecule has 0 aromatic heterocycles. The van der Waals surface area contributed by atoms with Crippen molar-refractivity contribution < 1.29 is 33.7 Å². The van der Waals surface area contributed by atoms with E-state index in [9.17, 15) is 19.5 Å². The van der Waals surface area contributed by atoms with Crippen LogP contribution >= 0.6 is 0 Å². The number of aliphatic hydroxyl groups is 1. The van der Waals surface area contributed by atoms with Crippen LogP contribution in [0.4, 0.5) is 11.4 Å². The van der Waals surface area contributed by atoms with E-state index in [0.29, 0.717) is 34.2 Å². The minimum atomic E-state index is -1.77. The number of methoxy groups -OCH3 is 3. The maximum Gasteiger partial charge on any atom is 0.235 e. The Morgan fingerprint density at radius 3 is 1.77 bits per heavy atom. The van der Waals surface area contributed by atoms with Gasteiger partial charge in [0.2, 0.25) is 11.8 Å². The highest BCUT2D eigenvalue weighted by Crippen LogP contribution is 2.49. The van der Waals surface area contributed by atoms with E-state index in [-0.39, 0.29) is 0 Å². The van der Waals surface area contributed by atoms with Crippen LogP contribution in [-0.2, 0) is 14.4 Å². The van der Waals surface area contributed by atoms with E-state index in [4.69, 9.17) is 14.2 Å². The molecule has 204 valence electrons. The first-order valence-electron chi connectivity index (χ1n) is 12.5. The van der Waals surface area contributed by atoms with Crippen LogP contribution in [0, 0.1) is 11.8 Å². The van der Waals surface area contributed by atoms with Crippen LogP contribution in [0.15, 0.2) is 72.8 Å². The van der Waals surface area contributed by atoms with Gasteiger partial charge in [-0.25, -0.2) is 0 Å². The molecule has 2 amide bonds. The zero-order chi connectivity index (χ0) is 28.2. The zero-order valence-corrected chi connectivity index (χ0v) is 22.3. The standard InChI is InChI=1S/C30H32N2O7/c1-30(36)17-21(33)26(28(34)31-19-12-6-9-15-23(19)38-3)25(18-11-5-8-14-22(18)37-2)27(30)29(35)32-20-13-7-10-16-24(20)39-4/h5-16,25-27,36H,17H2,1-4H3,(H,31,34)(H,32,35). The van der Waals surface area contributed by atoms with Crippen LogP contribution in [-0.4, -0.2) is 49.6 Å². The normalized spacial score (nSPS) is 22.5. The summed E-state index contributed by atoms with van der Waals surface area (Å²) < 4.78 is 16.3. The minimum Gasteiger partial charge on any atom is -0.496 e. The van der Waals surface area contributed by atoms with Gasteiger partial charge in [-0.1, -0.05) is 42.5 Å². The molecule has 9 heteroatoms. The molecule has 1 saturated carbocycles. The highest BCUT2D eigenvalue weighted by molar-refractivity contribution is 6.11. The van der Waals surface area contributed by atoms with Gasteiger partial charge in [0.15, 0.2) is 0 Å². The van der Waals surface area contributed by atoms with Gasteiger partial charge in [0, 0.05) is 12.3 Å². The molecule has 1 aliphatic rings. The Kier molecular flexibility index (Phi) is 8.21. The summed E-state index contributed by atoms with van der Waals surface area (Å²) in [6.45, 7) is 1.44. The quantitative estimate of drug-likeness (QED) is 0.374. The number of rotatable bonds is 8. The van der Waals surface area contributed by atoms with Gasteiger partial charge in [-0.15, -0.1) is 0 Å². The number of benzene rings is 3. The van der Waals surface area contributed by atoms with Crippen molar-refractivity contribution in [2.24, 2.45) is 11.8 Å². The smallest absolute Gasteiger partial charge is 0.235 e. The molecule has 3 N–H and O–H groups in total. The molecule has 3 aromatic rings. The third-order valence-corrected chi connectivity index (χ3v) is 7.06. The Morgan fingerprint density at radius 2 is 1.23 bits per heavy atom. The number of hydrogen-bond acceptors (Lipinski definition) is 7. The molecule has 1 aliphatic carbocycles. The Morgan fingerprint density at radius 1 is 0.769 bits per heavy atom. The highest BCUT2D eigenvalue weighted by Gasteiger charge is 2.56. The minimum absolute atomic E-state index is 0.379. The Labute approximate surface area is 227 Å². The average Bonchev–Trinajstić information content (AvgIpc) is 2.92. The molecule has 0 radical (unpaired) electrons. The zero-order valence-electron chi connectivity index (χ0n) is 22.3. The summed E-state index contributed by atoms with van der Waals surface area (Å²) in [5.74, 6) is -4.01. The summed E-state index contributed by atoms with van der Waals surface area (Å²) in [6.07, 6.45) is -0.396. The number of nitrogens with one attached hydrogen (secondary N) is 2. The fourth-order valence-corrected chi connectivity index (χ4v) is 5.32. The number of para-hydroxylation sites is 5. The first-order chi connectivity index (χ1) is 18.7. The number of carbonyl (C=O) groups is 3. The maximum absolute atomic E-state index is 13.9. The number of hydrogen-bond donors (Lipinski definition) is 3. The van der Waals surface area contributed by atoms with Gasteiger partial charge in [0.1, 0.15) is 28.9 Å². The SMILES string of the molecule is COc1ccccc1NC(=O)C1C(=O)CC(C)(O)C(C(=O)Nc2ccccc2OC)C1c1ccccc1OC. The summed E-state index contributed by atoms with van der Waals surface area (Å²) in [4.78, 5) is 41.3. The summed E-state index contributed by atoms with van der Waals surface area (Å²) in [6, 6.07) is 20.6. The lowest BCUT2D eigenvalue weighted by Crippen LogP contribution is -2.56. The van der Waals surface area contributed by atoms with E-state index in [2.05, 4.69) is 10.6 Å². The molecular weight excluding hydrogens is 500 g/mol. The van der Waals surface area contributed by atoms with Gasteiger partial charge in [-0.3, -0.25) is 14.4 Å². The molecule has 4 rings (SSSR count). The Balaban J connectivity index is 1.82. The van der Waals surface area contributed by atoms with E-state index in [0.717, 1.165) is 0 Å². The molecule has 9 nitrogen and oxygen atoms in total. The summed E-state index contributed by atoms with van der Waals surface area (Å²) in [5, 5.41) is 17.2. The number of amides is 2. The van der Waals surface area contributed by atoms with Crippen molar-refractivity contribution >= 4 is 29.0 Å². The molecule has 1 fully saturated rings. The fraction of sp³-hybridized carbons (Fsp3) is 0.300. The van der Waals surface area contributed by atoms with Crippen molar-refractivity contribution in [1.82, 2.24) is 0 Å². The number of ketones is 1. The lowest BCUT2D eigenvalue weighted by Gasteiger charge is -2.44. The Bertz CT molecular complexity index is 1370. The first kappa shape index (κ1) is 27.7. The van der Waals surface area contributed by atoms with Crippen LogP contribution in [0.1, 0.15) is 24.8 Å². The van der Waals surface area contributed by atoms with Gasteiger partial charge < -0.3 is 30.0 Å². The molecule has 4 atom stereocenters. The lowest BCUT2D eigenvalue weighted by molar-refractivity contribution is -0.150. The van der Waals surface area contributed by atoms with Gasteiger partial charge in [0.05, 0.1) is 44.2 Å². The number of ether oxygens (including phenoxy) is 3. The van der Waals surface area contributed by atoms with Crippen molar-refractivity contribution in [3.63, 3.8) is 0 Å². The highest BCUT2D eigenvalue weighted by atomic mass is 16.5. The van der Waals surface area contributed by atoms with Crippen LogP contribution in [0.25, 0.3) is 0 Å². The summed E-state index contributed by atoms with van der Waals surface area (Å²) in [5.41, 5.74) is -0.542. The van der Waals surface area contributed by atoms with Crippen LogP contribution < -0.4 is 24.8 Å². The van der Waals surface area contributed by atoms with Crippen molar-refractivity contribution in [3.8, 4) is 17.2 Å². The second-order valence-electron chi connectivity index (χ2n) is 9.60. The van der Waals surface area contributed by atoms with Gasteiger partial charge >= 0.3 is 0 Å². The monoisotopic (exact) mass is 532 g/mol. The van der Waals surface area contributed by atoms with Gasteiger partial charge in [-0.05, 0) is 42.8 Å². The van der Waals surface area contributed by atoms with Gasteiger partial charge in [-0.2, -0.15) is 0 Å². The van der Waals surface area contributed by atoms with E-state index >= 15 is 0 Å². The number of Topliss-reactive ketones (excluding diaryl/α,β-unsaturated/α-hetero) is 1. The van der Waals surface area contributed by atoms with Gasteiger partial charge in [0.25, 0.3) is 0 Å². The van der Waals surface area contributed by atoms with Crippen LogP contribution in [0.3, 0.4) is 0 Å². The third-order valence-electron chi connectivity index (χ3n) is 7.06. The van der Waals surface area contributed by atoms with E-state index in [1.807, 2.05) is 0 Å². The average molecular weight is 533 g/mol. The molecule has 0 bridgehead atoms. The van der Waals surface area contributed by atoms with Crippen LogP contribution in [0.5, 0.6) is 17.2 Å². The predicted octanol–water partition coefficient (Wildman–Crippen LogP) is 4.03. The Hall–Kier alpha value is -4.37. The predicted molar refractivity (Wildman–Crippen MR) is 146 cm³/mol. The molecular formula is C30H32N2O7. The summed E-state index contributed by atoms with van der Waals surface area (Å²) in [7, 11) is 4.43. The third kappa shape index (κ3) is 5.58.